The summed E-state index contributed by atoms with van der Waals surface area (Å²) in [5.74, 6) is 0. The molecule has 0 spiro atoms. The van der Waals surface area contributed by atoms with Crippen LogP contribution in [0.15, 0.2) is 23.3 Å². The maximum Gasteiger partial charge on any atom is -0.0282 e. The lowest BCUT2D eigenvalue weighted by molar-refractivity contribution is 0.759. The zero-order valence-electron chi connectivity index (χ0n) is 11.2. The Morgan fingerprint density at radius 1 is 0.933 bits per heavy atom. The van der Waals surface area contributed by atoms with Crippen LogP contribution in [0, 0.1) is 0 Å². The molecule has 0 rings (SSSR count). The highest BCUT2D eigenvalue weighted by Gasteiger charge is 2.04. The van der Waals surface area contributed by atoms with Gasteiger partial charge >= 0.3 is 0 Å². The van der Waals surface area contributed by atoms with Crippen molar-refractivity contribution in [2.45, 2.75) is 72.6 Å². The van der Waals surface area contributed by atoms with Crippen molar-refractivity contribution in [3.8, 4) is 0 Å². The van der Waals surface area contributed by atoms with E-state index in [1.54, 1.807) is 5.57 Å². The van der Waals surface area contributed by atoms with Gasteiger partial charge < -0.3 is 0 Å². The molecule has 0 nitrogen and oxygen atoms in total. The number of unbranched alkanes of at least 4 members (excludes halogenated alkanes) is 2. The van der Waals surface area contributed by atoms with Gasteiger partial charge in [0.25, 0.3) is 0 Å². The van der Waals surface area contributed by atoms with Gasteiger partial charge in [-0.05, 0) is 44.6 Å². The molecule has 88 valence electrons. The molecule has 0 unspecified atom stereocenters. The molecule has 15 heavy (non-hydrogen) atoms. The Morgan fingerprint density at radius 2 is 1.47 bits per heavy atom. The third kappa shape index (κ3) is 5.81. The molecular formula is C15H28. The van der Waals surface area contributed by atoms with E-state index in [1.165, 1.54) is 49.7 Å². The molecule has 0 atom stereocenters. The van der Waals surface area contributed by atoms with Crippen LogP contribution in [0.5, 0.6) is 0 Å². The molecule has 0 saturated carbocycles. The van der Waals surface area contributed by atoms with Crippen molar-refractivity contribution in [1.82, 2.24) is 0 Å². The maximum atomic E-state index is 4.23. The first-order valence-electron chi connectivity index (χ1n) is 6.54. The fraction of sp³-hybridized carbons (Fsp3) is 0.733. The van der Waals surface area contributed by atoms with Gasteiger partial charge in [-0.2, -0.15) is 0 Å². The van der Waals surface area contributed by atoms with Crippen molar-refractivity contribution >= 4 is 0 Å². The summed E-state index contributed by atoms with van der Waals surface area (Å²) in [5.41, 5.74) is 4.49. The van der Waals surface area contributed by atoms with E-state index in [4.69, 9.17) is 0 Å². The molecule has 0 heteroatoms. The molecule has 0 heterocycles. The smallest absolute Gasteiger partial charge is 0.0282 e. The third-order valence-electron chi connectivity index (χ3n) is 3.03. The summed E-state index contributed by atoms with van der Waals surface area (Å²) >= 11 is 0. The van der Waals surface area contributed by atoms with Crippen LogP contribution >= 0.6 is 0 Å². The zero-order valence-corrected chi connectivity index (χ0v) is 11.2. The van der Waals surface area contributed by atoms with Crippen molar-refractivity contribution in [2.75, 3.05) is 0 Å². The topological polar surface area (TPSA) is 0 Å². The first-order chi connectivity index (χ1) is 7.17. The Labute approximate surface area is 96.5 Å². The summed E-state index contributed by atoms with van der Waals surface area (Å²) in [4.78, 5) is 0. The number of hydrogen-bond acceptors (Lipinski definition) is 0. The number of allylic oxidation sites excluding steroid dienone is 3. The second kappa shape index (κ2) is 8.76. The molecule has 0 saturated heterocycles. The van der Waals surface area contributed by atoms with Crippen molar-refractivity contribution < 1.29 is 0 Å². The molecule has 0 aromatic rings. The molecule has 0 aromatic heterocycles. The van der Waals surface area contributed by atoms with Gasteiger partial charge in [-0.15, -0.1) is 0 Å². The van der Waals surface area contributed by atoms with Crippen molar-refractivity contribution in [2.24, 2.45) is 0 Å². The Hall–Kier alpha value is -0.520. The largest absolute Gasteiger partial charge is 0.0956 e. The highest BCUT2D eigenvalue weighted by molar-refractivity contribution is 5.32. The predicted molar refractivity (Wildman–Crippen MR) is 71.2 cm³/mol. The van der Waals surface area contributed by atoms with Crippen molar-refractivity contribution in [3.63, 3.8) is 0 Å². The molecule has 0 N–H and O–H groups in total. The van der Waals surface area contributed by atoms with Gasteiger partial charge in [-0.25, -0.2) is 0 Å². The minimum absolute atomic E-state index is 1.15. The van der Waals surface area contributed by atoms with E-state index in [9.17, 15) is 0 Å². The van der Waals surface area contributed by atoms with Crippen LogP contribution in [-0.4, -0.2) is 0 Å². The van der Waals surface area contributed by atoms with Crippen molar-refractivity contribution in [3.05, 3.63) is 23.3 Å². The first-order valence-corrected chi connectivity index (χ1v) is 6.54. The van der Waals surface area contributed by atoms with Gasteiger partial charge in [-0.3, -0.25) is 0 Å². The average Bonchev–Trinajstić information content (AvgIpc) is 2.24. The summed E-state index contributed by atoms with van der Waals surface area (Å²) in [6.07, 6.45) is 8.74. The molecule has 0 bridgehead atoms. The van der Waals surface area contributed by atoms with Gasteiger partial charge in [-0.1, -0.05) is 51.3 Å². The lowest BCUT2D eigenvalue weighted by atomic mass is 9.93. The Morgan fingerprint density at radius 3 is 1.93 bits per heavy atom. The van der Waals surface area contributed by atoms with Crippen LogP contribution < -0.4 is 0 Å². The van der Waals surface area contributed by atoms with Crippen LogP contribution in [0.3, 0.4) is 0 Å². The van der Waals surface area contributed by atoms with E-state index in [0.717, 1.165) is 6.42 Å². The average molecular weight is 208 g/mol. The number of rotatable bonds is 8. The van der Waals surface area contributed by atoms with Crippen molar-refractivity contribution in [1.29, 1.82) is 0 Å². The Balaban J connectivity index is 4.35. The Kier molecular flexibility index (Phi) is 8.46. The second-order valence-electron chi connectivity index (χ2n) is 4.42. The lowest BCUT2D eigenvalue weighted by Crippen LogP contribution is -1.93. The molecule has 0 aliphatic carbocycles. The summed E-state index contributed by atoms with van der Waals surface area (Å²) in [7, 11) is 0. The van der Waals surface area contributed by atoms with Crippen LogP contribution in [0.4, 0.5) is 0 Å². The van der Waals surface area contributed by atoms with Gasteiger partial charge in [0.15, 0.2) is 0 Å². The Bertz CT molecular complexity index is 208. The fourth-order valence-electron chi connectivity index (χ4n) is 1.99. The fourth-order valence-corrected chi connectivity index (χ4v) is 1.99. The van der Waals surface area contributed by atoms with E-state index in [-0.39, 0.29) is 0 Å². The molecular weight excluding hydrogens is 180 g/mol. The predicted octanol–water partition coefficient (Wildman–Crippen LogP) is 5.65. The van der Waals surface area contributed by atoms with E-state index in [1.807, 2.05) is 0 Å². The van der Waals surface area contributed by atoms with Gasteiger partial charge in [0.2, 0.25) is 0 Å². The minimum Gasteiger partial charge on any atom is -0.0956 e. The lowest BCUT2D eigenvalue weighted by Gasteiger charge is -2.13. The van der Waals surface area contributed by atoms with Crippen LogP contribution in [0.2, 0.25) is 0 Å². The highest BCUT2D eigenvalue weighted by atomic mass is 14.1. The van der Waals surface area contributed by atoms with E-state index in [0.29, 0.717) is 0 Å². The molecule has 0 amide bonds. The normalized spacial score (nSPS) is 12.5. The number of hydrogen-bond donors (Lipinski definition) is 0. The highest BCUT2D eigenvalue weighted by Crippen LogP contribution is 2.24. The minimum atomic E-state index is 1.15. The standard InChI is InChI=1S/C15H28/c1-6-9-11-13(4)15(8-3)14(5)12-10-7-2/h4,6-12H2,1-3,5H3. The second-order valence-corrected chi connectivity index (χ2v) is 4.42. The zero-order chi connectivity index (χ0) is 11.7. The summed E-state index contributed by atoms with van der Waals surface area (Å²) in [5, 5.41) is 0. The van der Waals surface area contributed by atoms with E-state index in [2.05, 4.69) is 34.3 Å². The molecule has 0 aliphatic rings. The molecule has 0 aromatic carbocycles. The maximum absolute atomic E-state index is 4.23. The van der Waals surface area contributed by atoms with Crippen LogP contribution in [-0.2, 0) is 0 Å². The first kappa shape index (κ1) is 14.5. The van der Waals surface area contributed by atoms with E-state index >= 15 is 0 Å². The van der Waals surface area contributed by atoms with Crippen LogP contribution in [0.1, 0.15) is 72.6 Å². The monoisotopic (exact) mass is 208 g/mol. The molecule has 0 radical (unpaired) electrons. The van der Waals surface area contributed by atoms with E-state index < -0.39 is 0 Å². The SMILES string of the molecule is C=C(CCCC)C(CC)=C(C)CCCC. The van der Waals surface area contributed by atoms with Crippen LogP contribution in [0.25, 0.3) is 0 Å². The summed E-state index contributed by atoms with van der Waals surface area (Å²) in [6, 6.07) is 0. The molecule has 0 aliphatic heterocycles. The summed E-state index contributed by atoms with van der Waals surface area (Å²) in [6.45, 7) is 13.3. The van der Waals surface area contributed by atoms with Gasteiger partial charge in [0.1, 0.15) is 0 Å². The third-order valence-corrected chi connectivity index (χ3v) is 3.03. The van der Waals surface area contributed by atoms with Gasteiger partial charge in [0.05, 0.1) is 0 Å². The van der Waals surface area contributed by atoms with Gasteiger partial charge in [0, 0.05) is 0 Å². The molecule has 0 fully saturated rings. The summed E-state index contributed by atoms with van der Waals surface area (Å²) < 4.78 is 0. The quantitative estimate of drug-likeness (QED) is 0.452.